The van der Waals surface area contributed by atoms with Gasteiger partial charge in [-0.3, -0.25) is 0 Å². The van der Waals surface area contributed by atoms with E-state index in [0.29, 0.717) is 16.3 Å². The quantitative estimate of drug-likeness (QED) is 0.844. The molecule has 1 heterocycles. The van der Waals surface area contributed by atoms with E-state index in [1.807, 2.05) is 23.9 Å². The summed E-state index contributed by atoms with van der Waals surface area (Å²) in [6.45, 7) is 0. The van der Waals surface area contributed by atoms with Crippen LogP contribution in [0.1, 0.15) is 30.0 Å². The second kappa shape index (κ2) is 6.82. The van der Waals surface area contributed by atoms with E-state index in [1.54, 1.807) is 6.20 Å². The largest absolute Gasteiger partial charge is 0.312 e. The molecular weight excluding hydrogens is 300 g/mol. The van der Waals surface area contributed by atoms with Crippen molar-refractivity contribution in [1.82, 2.24) is 10.3 Å². The minimum Gasteiger partial charge on any atom is -0.312 e. The smallest absolute Gasteiger partial charge is 0.0964 e. The van der Waals surface area contributed by atoms with E-state index in [1.165, 1.54) is 30.4 Å². The van der Waals surface area contributed by atoms with Gasteiger partial charge in [0.2, 0.25) is 0 Å². The maximum absolute atomic E-state index is 5.92. The van der Waals surface area contributed by atoms with Crippen molar-refractivity contribution >= 4 is 23.4 Å². The van der Waals surface area contributed by atoms with Crippen molar-refractivity contribution < 1.29 is 0 Å². The fraction of sp³-hybridized carbons (Fsp3) is 0.353. The standard InChI is InChI=1S/C17H19ClN2S/c1-19-17-14-7-3-2-5-12(14)6-4-8-15(17)21-16-10-9-13(18)11-20-16/h2-3,5,7,9-11,15,17,19H,4,6,8H2,1H3. The molecule has 2 nitrogen and oxygen atoms in total. The van der Waals surface area contributed by atoms with Crippen LogP contribution in [0.15, 0.2) is 47.6 Å². The number of rotatable bonds is 3. The maximum Gasteiger partial charge on any atom is 0.0964 e. The van der Waals surface area contributed by atoms with Crippen LogP contribution in [0.5, 0.6) is 0 Å². The molecule has 0 radical (unpaired) electrons. The zero-order chi connectivity index (χ0) is 14.7. The number of aromatic nitrogens is 1. The first-order chi connectivity index (χ1) is 10.3. The molecule has 0 saturated carbocycles. The number of nitrogens with zero attached hydrogens (tertiary/aromatic N) is 1. The van der Waals surface area contributed by atoms with Gasteiger partial charge in [-0.15, -0.1) is 11.8 Å². The van der Waals surface area contributed by atoms with Crippen LogP contribution in [0.25, 0.3) is 0 Å². The number of thioether (sulfide) groups is 1. The topological polar surface area (TPSA) is 24.9 Å². The Labute approximate surface area is 135 Å². The van der Waals surface area contributed by atoms with Gasteiger partial charge < -0.3 is 5.32 Å². The van der Waals surface area contributed by atoms with Crippen molar-refractivity contribution in [3.63, 3.8) is 0 Å². The average molecular weight is 319 g/mol. The SMILES string of the molecule is CNC1c2ccccc2CCCC1Sc1ccc(Cl)cn1. The molecule has 21 heavy (non-hydrogen) atoms. The van der Waals surface area contributed by atoms with E-state index >= 15 is 0 Å². The number of hydrogen-bond acceptors (Lipinski definition) is 3. The fourth-order valence-corrected chi connectivity index (χ4v) is 4.37. The van der Waals surface area contributed by atoms with Gasteiger partial charge in [0.15, 0.2) is 0 Å². The van der Waals surface area contributed by atoms with Gasteiger partial charge in [0.25, 0.3) is 0 Å². The minimum atomic E-state index is 0.367. The molecule has 1 aliphatic rings. The highest BCUT2D eigenvalue weighted by Gasteiger charge is 2.27. The summed E-state index contributed by atoms with van der Waals surface area (Å²) < 4.78 is 0. The zero-order valence-electron chi connectivity index (χ0n) is 12.1. The second-order valence-corrected chi connectivity index (χ2v) is 7.02. The van der Waals surface area contributed by atoms with Crippen molar-refractivity contribution in [3.8, 4) is 0 Å². The third kappa shape index (κ3) is 3.42. The van der Waals surface area contributed by atoms with Crippen LogP contribution in [0.2, 0.25) is 5.02 Å². The van der Waals surface area contributed by atoms with Crippen molar-refractivity contribution in [1.29, 1.82) is 0 Å². The van der Waals surface area contributed by atoms with Crippen molar-refractivity contribution in [2.45, 2.75) is 35.6 Å². The molecular formula is C17H19ClN2S. The molecule has 3 rings (SSSR count). The van der Waals surface area contributed by atoms with Crippen molar-refractivity contribution in [3.05, 3.63) is 58.7 Å². The first-order valence-electron chi connectivity index (χ1n) is 7.31. The molecule has 1 aromatic heterocycles. The summed E-state index contributed by atoms with van der Waals surface area (Å²) in [5.41, 5.74) is 2.91. The van der Waals surface area contributed by atoms with E-state index in [4.69, 9.17) is 11.6 Å². The monoisotopic (exact) mass is 318 g/mol. The molecule has 2 aromatic rings. The highest BCUT2D eigenvalue weighted by atomic mass is 35.5. The van der Waals surface area contributed by atoms with Crippen LogP contribution >= 0.6 is 23.4 Å². The summed E-state index contributed by atoms with van der Waals surface area (Å²) in [6.07, 6.45) is 5.30. The summed E-state index contributed by atoms with van der Waals surface area (Å²) >= 11 is 7.77. The lowest BCUT2D eigenvalue weighted by atomic mass is 9.99. The first-order valence-corrected chi connectivity index (χ1v) is 8.57. The van der Waals surface area contributed by atoms with Gasteiger partial charge in [-0.25, -0.2) is 4.98 Å². The van der Waals surface area contributed by atoms with Crippen LogP contribution in [0.4, 0.5) is 0 Å². The number of aryl methyl sites for hydroxylation is 1. The number of nitrogens with one attached hydrogen (secondary N) is 1. The summed E-state index contributed by atoms with van der Waals surface area (Å²) in [5, 5.41) is 5.74. The Balaban J connectivity index is 1.86. The van der Waals surface area contributed by atoms with Gasteiger partial charge in [0.1, 0.15) is 0 Å². The van der Waals surface area contributed by atoms with Gasteiger partial charge in [-0.05, 0) is 49.6 Å². The van der Waals surface area contributed by atoms with Crippen molar-refractivity contribution in [2.75, 3.05) is 7.05 Å². The first kappa shape index (κ1) is 14.9. The van der Waals surface area contributed by atoms with Gasteiger partial charge in [-0.2, -0.15) is 0 Å². The third-order valence-electron chi connectivity index (χ3n) is 3.98. The predicted molar refractivity (Wildman–Crippen MR) is 90.1 cm³/mol. The Bertz CT molecular complexity index is 600. The Morgan fingerprint density at radius 1 is 1.24 bits per heavy atom. The zero-order valence-corrected chi connectivity index (χ0v) is 13.6. The fourth-order valence-electron chi connectivity index (χ4n) is 2.98. The van der Waals surface area contributed by atoms with Crippen LogP contribution in [0, 0.1) is 0 Å². The molecule has 0 bridgehead atoms. The average Bonchev–Trinajstić information content (AvgIpc) is 2.68. The van der Waals surface area contributed by atoms with Crippen LogP contribution in [0.3, 0.4) is 0 Å². The molecule has 110 valence electrons. The van der Waals surface area contributed by atoms with E-state index in [-0.39, 0.29) is 0 Å². The van der Waals surface area contributed by atoms with Crippen molar-refractivity contribution in [2.24, 2.45) is 0 Å². The lowest BCUT2D eigenvalue weighted by Gasteiger charge is -2.25. The van der Waals surface area contributed by atoms with E-state index < -0.39 is 0 Å². The third-order valence-corrected chi connectivity index (χ3v) is 5.50. The number of pyridine rings is 1. The number of benzene rings is 1. The normalized spacial score (nSPS) is 21.6. The molecule has 0 fully saturated rings. The van der Waals surface area contributed by atoms with Gasteiger partial charge in [-0.1, -0.05) is 35.9 Å². The lowest BCUT2D eigenvalue weighted by molar-refractivity contribution is 0.547. The summed E-state index contributed by atoms with van der Waals surface area (Å²) in [7, 11) is 2.05. The Kier molecular flexibility index (Phi) is 4.84. The number of fused-ring (bicyclic) bond motifs is 1. The van der Waals surface area contributed by atoms with Crippen LogP contribution < -0.4 is 5.32 Å². The Morgan fingerprint density at radius 2 is 2.10 bits per heavy atom. The van der Waals surface area contributed by atoms with E-state index in [9.17, 15) is 0 Å². The van der Waals surface area contributed by atoms with E-state index in [0.717, 1.165) is 5.03 Å². The summed E-state index contributed by atoms with van der Waals surface area (Å²) in [4.78, 5) is 4.43. The number of halogens is 1. The maximum atomic E-state index is 5.92. The molecule has 1 N–H and O–H groups in total. The molecule has 0 amide bonds. The molecule has 4 heteroatoms. The molecule has 0 spiro atoms. The lowest BCUT2D eigenvalue weighted by Crippen LogP contribution is -2.27. The second-order valence-electron chi connectivity index (χ2n) is 5.33. The highest BCUT2D eigenvalue weighted by molar-refractivity contribution is 7.99. The van der Waals surface area contributed by atoms with Gasteiger partial charge in [0, 0.05) is 17.5 Å². The molecule has 2 unspecified atom stereocenters. The molecule has 2 atom stereocenters. The number of hydrogen-bond donors (Lipinski definition) is 1. The molecule has 0 saturated heterocycles. The van der Waals surface area contributed by atoms with Crippen LogP contribution in [-0.2, 0) is 6.42 Å². The predicted octanol–water partition coefficient (Wildman–Crippen LogP) is 4.49. The van der Waals surface area contributed by atoms with Gasteiger partial charge in [0.05, 0.1) is 10.0 Å². The highest BCUT2D eigenvalue weighted by Crippen LogP contribution is 2.38. The van der Waals surface area contributed by atoms with E-state index in [2.05, 4.69) is 41.6 Å². The van der Waals surface area contributed by atoms with Gasteiger partial charge >= 0.3 is 0 Å². The molecule has 1 aliphatic carbocycles. The summed E-state index contributed by atoms with van der Waals surface area (Å²) in [6, 6.07) is 13.1. The minimum absolute atomic E-state index is 0.367. The molecule has 1 aromatic carbocycles. The molecule has 0 aliphatic heterocycles. The summed E-state index contributed by atoms with van der Waals surface area (Å²) in [5.74, 6) is 0. The van der Waals surface area contributed by atoms with Crippen LogP contribution in [-0.4, -0.2) is 17.3 Å². The Hall–Kier alpha value is -1.03. The Morgan fingerprint density at radius 3 is 2.86 bits per heavy atom.